The lowest BCUT2D eigenvalue weighted by Crippen LogP contribution is -2.14. The van der Waals surface area contributed by atoms with E-state index in [1.807, 2.05) is 36.4 Å². The van der Waals surface area contributed by atoms with Crippen molar-refractivity contribution < 1.29 is 0 Å². The van der Waals surface area contributed by atoms with E-state index in [2.05, 4.69) is 9.55 Å². The van der Waals surface area contributed by atoms with Crippen LogP contribution in [0.15, 0.2) is 47.3 Å². The summed E-state index contributed by atoms with van der Waals surface area (Å²) in [5.74, 6) is 0.722. The molecule has 2 aromatic carbocycles. The van der Waals surface area contributed by atoms with Gasteiger partial charge in [0.15, 0.2) is 0 Å². The summed E-state index contributed by atoms with van der Waals surface area (Å²) in [6.07, 6.45) is 2.80. The molecule has 5 heteroatoms. The van der Waals surface area contributed by atoms with E-state index < -0.39 is 0 Å². The van der Waals surface area contributed by atoms with E-state index in [0.29, 0.717) is 15.4 Å². The maximum atomic E-state index is 12.3. The van der Waals surface area contributed by atoms with Crippen LogP contribution in [0, 0.1) is 0 Å². The van der Waals surface area contributed by atoms with Crippen molar-refractivity contribution in [3.05, 3.63) is 74.3 Å². The highest BCUT2D eigenvalue weighted by Crippen LogP contribution is 2.31. The summed E-state index contributed by atoms with van der Waals surface area (Å²) in [6.45, 7) is 0.806. The Balaban J connectivity index is 1.91. The van der Waals surface area contributed by atoms with E-state index in [0.717, 1.165) is 35.4 Å². The second-order valence-electron chi connectivity index (χ2n) is 5.49. The number of nitrogens with zero attached hydrogens (tertiary/aromatic N) is 2. The predicted octanol–water partition coefficient (Wildman–Crippen LogP) is 4.65. The minimum absolute atomic E-state index is 0.193. The number of benzene rings is 2. The first-order valence-electron chi connectivity index (χ1n) is 7.29. The predicted molar refractivity (Wildman–Crippen MR) is 95.0 cm³/mol. The van der Waals surface area contributed by atoms with Gasteiger partial charge in [-0.15, -0.1) is 0 Å². The highest BCUT2D eigenvalue weighted by atomic mass is 35.5. The number of aryl methyl sites for hydroxylation is 1. The van der Waals surface area contributed by atoms with Gasteiger partial charge in [0.05, 0.1) is 10.9 Å². The third-order valence-corrected chi connectivity index (χ3v) is 4.63. The fourth-order valence-corrected chi connectivity index (χ4v) is 3.44. The zero-order chi connectivity index (χ0) is 16.0. The fraction of sp³-hybridized carbons (Fsp3) is 0.111. The average molecular weight is 343 g/mol. The van der Waals surface area contributed by atoms with Crippen molar-refractivity contribution in [2.24, 2.45) is 0 Å². The zero-order valence-corrected chi connectivity index (χ0v) is 13.6. The van der Waals surface area contributed by atoms with Crippen LogP contribution in [0.4, 0.5) is 0 Å². The number of hydrogen-bond acceptors (Lipinski definition) is 2. The molecule has 0 saturated heterocycles. The maximum Gasteiger partial charge on any atom is 0.281 e. The largest absolute Gasteiger partial charge is 0.325 e. The van der Waals surface area contributed by atoms with Crippen LogP contribution in [-0.4, -0.2) is 9.55 Å². The highest BCUT2D eigenvalue weighted by molar-refractivity contribution is 6.35. The summed E-state index contributed by atoms with van der Waals surface area (Å²) in [7, 11) is 0. The van der Waals surface area contributed by atoms with E-state index in [9.17, 15) is 4.79 Å². The quantitative estimate of drug-likeness (QED) is 0.645. The molecular formula is C18H12Cl2N2O. The molecule has 1 aliphatic rings. The Hall–Kier alpha value is -2.10. The van der Waals surface area contributed by atoms with Crippen molar-refractivity contribution >= 4 is 45.8 Å². The lowest BCUT2D eigenvalue weighted by molar-refractivity contribution is 0.772. The van der Waals surface area contributed by atoms with Gasteiger partial charge in [0.25, 0.3) is 5.56 Å². The number of rotatable bonds is 1. The molecule has 0 bridgehead atoms. The fourth-order valence-electron chi connectivity index (χ4n) is 2.98. The number of halogens is 2. The molecular weight excluding hydrogens is 331 g/mol. The first-order chi connectivity index (χ1) is 11.1. The second-order valence-corrected chi connectivity index (χ2v) is 6.34. The van der Waals surface area contributed by atoms with Gasteiger partial charge < -0.3 is 4.57 Å². The van der Waals surface area contributed by atoms with Gasteiger partial charge in [-0.1, -0.05) is 41.4 Å². The van der Waals surface area contributed by atoms with Crippen LogP contribution >= 0.6 is 23.2 Å². The zero-order valence-electron chi connectivity index (χ0n) is 12.1. The Morgan fingerprint density at radius 1 is 1.13 bits per heavy atom. The molecule has 0 radical (unpaired) electrons. The van der Waals surface area contributed by atoms with Crippen molar-refractivity contribution in [3.63, 3.8) is 0 Å². The van der Waals surface area contributed by atoms with E-state index in [-0.39, 0.29) is 5.56 Å². The van der Waals surface area contributed by atoms with Crippen molar-refractivity contribution in [1.29, 1.82) is 0 Å². The lowest BCUT2D eigenvalue weighted by atomic mass is 10.1. The Bertz CT molecular complexity index is 1020. The van der Waals surface area contributed by atoms with Crippen molar-refractivity contribution in [1.82, 2.24) is 9.55 Å². The number of allylic oxidation sites excluding steroid dienone is 1. The molecule has 0 saturated carbocycles. The number of hydrogen-bond donors (Lipinski definition) is 0. The van der Waals surface area contributed by atoms with Gasteiger partial charge in [0.1, 0.15) is 5.82 Å². The molecule has 0 unspecified atom stereocenters. The lowest BCUT2D eigenvalue weighted by Gasteiger charge is -2.07. The number of fused-ring (bicyclic) bond motifs is 3. The SMILES string of the molecule is O=c1nc2n(c3ccccc13)CC/C2=C\c1ccc(Cl)cc1Cl. The van der Waals surface area contributed by atoms with Crippen molar-refractivity contribution in [3.8, 4) is 0 Å². The summed E-state index contributed by atoms with van der Waals surface area (Å²) in [4.78, 5) is 16.5. The third-order valence-electron chi connectivity index (χ3n) is 4.07. The number of para-hydroxylation sites is 1. The maximum absolute atomic E-state index is 12.3. The average Bonchev–Trinajstić information content (AvgIpc) is 2.93. The molecule has 1 aromatic heterocycles. The van der Waals surface area contributed by atoms with Crippen molar-refractivity contribution in [2.45, 2.75) is 13.0 Å². The molecule has 0 amide bonds. The Morgan fingerprint density at radius 2 is 1.96 bits per heavy atom. The van der Waals surface area contributed by atoms with Gasteiger partial charge >= 0.3 is 0 Å². The van der Waals surface area contributed by atoms with Crippen LogP contribution < -0.4 is 5.56 Å². The molecule has 0 N–H and O–H groups in total. The highest BCUT2D eigenvalue weighted by Gasteiger charge is 2.20. The van der Waals surface area contributed by atoms with Gasteiger partial charge in [-0.05, 0) is 47.9 Å². The van der Waals surface area contributed by atoms with E-state index in [4.69, 9.17) is 23.2 Å². The smallest absolute Gasteiger partial charge is 0.281 e. The molecule has 0 aliphatic carbocycles. The molecule has 1 aliphatic heterocycles. The molecule has 3 aromatic rings. The third kappa shape index (κ3) is 2.46. The molecule has 0 spiro atoms. The Morgan fingerprint density at radius 3 is 2.78 bits per heavy atom. The first-order valence-corrected chi connectivity index (χ1v) is 8.04. The second kappa shape index (κ2) is 5.52. The minimum atomic E-state index is -0.193. The standard InChI is InChI=1S/C18H12Cl2N2O/c19-13-6-5-11(15(20)10-13)9-12-7-8-22-16-4-2-1-3-14(16)18(23)21-17(12)22/h1-6,9-10H,7-8H2/b12-9+. The Labute approximate surface area is 142 Å². The number of aromatic nitrogens is 2. The van der Waals surface area contributed by atoms with Gasteiger partial charge in [-0.25, -0.2) is 0 Å². The van der Waals surface area contributed by atoms with Crippen LogP contribution in [0.1, 0.15) is 17.8 Å². The molecule has 0 atom stereocenters. The normalized spacial score (nSPS) is 15.3. The van der Waals surface area contributed by atoms with Crippen molar-refractivity contribution in [2.75, 3.05) is 0 Å². The molecule has 23 heavy (non-hydrogen) atoms. The summed E-state index contributed by atoms with van der Waals surface area (Å²) in [6, 6.07) is 13.0. The first kappa shape index (κ1) is 14.5. The summed E-state index contributed by atoms with van der Waals surface area (Å²) < 4.78 is 2.09. The van der Waals surface area contributed by atoms with Gasteiger partial charge in [-0.3, -0.25) is 4.79 Å². The molecule has 4 rings (SSSR count). The van der Waals surface area contributed by atoms with E-state index in [1.54, 1.807) is 12.1 Å². The summed E-state index contributed by atoms with van der Waals surface area (Å²) >= 11 is 12.2. The van der Waals surface area contributed by atoms with Gasteiger partial charge in [0, 0.05) is 16.6 Å². The Kier molecular flexibility index (Phi) is 3.47. The summed E-state index contributed by atoms with van der Waals surface area (Å²) in [5.41, 5.74) is 2.62. The summed E-state index contributed by atoms with van der Waals surface area (Å²) in [5, 5.41) is 1.85. The van der Waals surface area contributed by atoms with Crippen LogP contribution in [0.2, 0.25) is 10.0 Å². The van der Waals surface area contributed by atoms with Crippen LogP contribution in [0.5, 0.6) is 0 Å². The monoisotopic (exact) mass is 342 g/mol. The van der Waals surface area contributed by atoms with Crippen LogP contribution in [-0.2, 0) is 6.54 Å². The minimum Gasteiger partial charge on any atom is -0.325 e. The molecule has 114 valence electrons. The molecule has 0 fully saturated rings. The van der Waals surface area contributed by atoms with E-state index >= 15 is 0 Å². The van der Waals surface area contributed by atoms with E-state index in [1.165, 1.54) is 0 Å². The van der Waals surface area contributed by atoms with Gasteiger partial charge in [-0.2, -0.15) is 4.98 Å². The molecule has 3 nitrogen and oxygen atoms in total. The topological polar surface area (TPSA) is 34.9 Å². The van der Waals surface area contributed by atoms with Crippen LogP contribution in [0.25, 0.3) is 22.6 Å². The van der Waals surface area contributed by atoms with Crippen LogP contribution in [0.3, 0.4) is 0 Å². The van der Waals surface area contributed by atoms with Gasteiger partial charge in [0.2, 0.25) is 0 Å². The molecule has 2 heterocycles.